The molecule has 4 N–H and O–H groups in total. The first kappa shape index (κ1) is 24.2. The van der Waals surface area contributed by atoms with E-state index in [0.29, 0.717) is 47.4 Å². The number of aromatic nitrogens is 4. The van der Waals surface area contributed by atoms with Crippen LogP contribution in [0.3, 0.4) is 0 Å². The molecule has 0 aliphatic carbocycles. The predicted octanol–water partition coefficient (Wildman–Crippen LogP) is 2.35. The molecule has 0 radical (unpaired) electrons. The molecule has 1 atom stereocenters. The summed E-state index contributed by atoms with van der Waals surface area (Å²) in [6, 6.07) is 8.36. The number of anilines is 3. The second-order valence-corrected chi connectivity index (χ2v) is 9.11. The average Bonchev–Trinajstić information content (AvgIpc) is 3.58. The summed E-state index contributed by atoms with van der Waals surface area (Å²) >= 11 is 1.43. The van der Waals surface area contributed by atoms with Crippen molar-refractivity contribution in [2.75, 3.05) is 37.5 Å². The van der Waals surface area contributed by atoms with E-state index in [1.807, 2.05) is 23.1 Å². The number of pyridine rings is 1. The number of fused-ring (bicyclic) bond motifs is 1. The largest absolute Gasteiger partial charge is 0.493 e. The highest BCUT2D eigenvalue weighted by Gasteiger charge is 2.27. The monoisotopic (exact) mass is 520 g/mol. The van der Waals surface area contributed by atoms with Gasteiger partial charge in [0.1, 0.15) is 11.2 Å². The summed E-state index contributed by atoms with van der Waals surface area (Å²) in [5.74, 6) is 1.42. The Kier molecular flexibility index (Phi) is 6.68. The van der Waals surface area contributed by atoms with Gasteiger partial charge < -0.3 is 30.7 Å². The van der Waals surface area contributed by atoms with E-state index >= 15 is 0 Å². The molecule has 1 aliphatic rings. The number of methoxy groups -OCH3 is 2. The molecule has 2 amide bonds. The molecular weight excluding hydrogens is 496 g/mol. The fourth-order valence-corrected chi connectivity index (χ4v) is 4.69. The lowest BCUT2D eigenvalue weighted by molar-refractivity contribution is 0.0937. The summed E-state index contributed by atoms with van der Waals surface area (Å²) in [5, 5.41) is 6.33. The number of rotatable bonds is 8. The van der Waals surface area contributed by atoms with E-state index in [1.54, 1.807) is 19.7 Å². The number of nitrogens with one attached hydrogen (secondary N) is 2. The third kappa shape index (κ3) is 5.07. The molecule has 4 aromatic rings. The quantitative estimate of drug-likeness (QED) is 0.315. The summed E-state index contributed by atoms with van der Waals surface area (Å²) in [7, 11) is 3.17. The zero-order chi connectivity index (χ0) is 25.9. The van der Waals surface area contributed by atoms with Crippen molar-refractivity contribution in [2.24, 2.45) is 5.73 Å². The maximum absolute atomic E-state index is 12.7. The van der Waals surface area contributed by atoms with Crippen molar-refractivity contribution in [3.05, 3.63) is 53.3 Å². The molecule has 1 unspecified atom stereocenters. The van der Waals surface area contributed by atoms with Gasteiger partial charge in [0.15, 0.2) is 22.1 Å². The molecule has 0 spiro atoms. The van der Waals surface area contributed by atoms with Crippen LogP contribution >= 0.6 is 11.3 Å². The number of carbonyl (C=O) groups is 2. The van der Waals surface area contributed by atoms with Crippen LogP contribution in [-0.2, 0) is 0 Å². The Morgan fingerprint density at radius 1 is 1.11 bits per heavy atom. The minimum atomic E-state index is -0.642. The molecule has 1 saturated heterocycles. The SMILES string of the molecule is COc1ccc(Nc2nc(N3CCC(NC(=O)c4ccc(C(N)=O)nc4)C3)nc3scnc23)cc1OC. The highest BCUT2D eigenvalue weighted by atomic mass is 32.1. The fraction of sp³-hybridized carbons (Fsp3) is 0.250. The zero-order valence-corrected chi connectivity index (χ0v) is 20.9. The molecule has 4 heterocycles. The normalized spacial score (nSPS) is 15.0. The first-order valence-corrected chi connectivity index (χ1v) is 12.2. The summed E-state index contributed by atoms with van der Waals surface area (Å²) < 4.78 is 10.7. The van der Waals surface area contributed by atoms with E-state index in [1.165, 1.54) is 29.7 Å². The topological polar surface area (TPSA) is 157 Å². The molecule has 13 heteroatoms. The molecule has 12 nitrogen and oxygen atoms in total. The number of ether oxygens (including phenoxy) is 2. The van der Waals surface area contributed by atoms with Gasteiger partial charge in [-0.2, -0.15) is 9.97 Å². The number of nitrogens with zero attached hydrogens (tertiary/aromatic N) is 5. The third-order valence-corrected chi connectivity index (χ3v) is 6.64. The van der Waals surface area contributed by atoms with E-state index in [-0.39, 0.29) is 17.6 Å². The molecule has 5 rings (SSSR count). The molecular formula is C24H24N8O4S. The Morgan fingerprint density at radius 2 is 1.95 bits per heavy atom. The number of benzene rings is 1. The molecule has 3 aromatic heterocycles. The van der Waals surface area contributed by atoms with E-state index in [0.717, 1.165) is 16.9 Å². The second-order valence-electron chi connectivity index (χ2n) is 8.27. The third-order valence-electron chi connectivity index (χ3n) is 5.92. The van der Waals surface area contributed by atoms with Crippen LogP contribution in [0.1, 0.15) is 27.3 Å². The Balaban J connectivity index is 1.32. The van der Waals surface area contributed by atoms with Gasteiger partial charge in [-0.3, -0.25) is 14.6 Å². The molecule has 37 heavy (non-hydrogen) atoms. The van der Waals surface area contributed by atoms with Crippen LogP contribution in [0.2, 0.25) is 0 Å². The predicted molar refractivity (Wildman–Crippen MR) is 139 cm³/mol. The molecule has 0 saturated carbocycles. The van der Waals surface area contributed by atoms with Gasteiger partial charge in [-0.25, -0.2) is 4.98 Å². The van der Waals surface area contributed by atoms with Gasteiger partial charge in [0.25, 0.3) is 11.8 Å². The second kappa shape index (κ2) is 10.2. The van der Waals surface area contributed by atoms with Crippen LogP contribution in [-0.4, -0.2) is 65.1 Å². The van der Waals surface area contributed by atoms with Gasteiger partial charge in [0, 0.05) is 37.1 Å². The fourth-order valence-electron chi connectivity index (χ4n) is 4.03. The Morgan fingerprint density at radius 3 is 2.68 bits per heavy atom. The van der Waals surface area contributed by atoms with Crippen LogP contribution in [0, 0.1) is 0 Å². The van der Waals surface area contributed by atoms with Crippen molar-refractivity contribution in [3.8, 4) is 11.5 Å². The van der Waals surface area contributed by atoms with Crippen molar-refractivity contribution in [1.29, 1.82) is 0 Å². The summed E-state index contributed by atoms with van der Waals surface area (Å²) in [6.45, 7) is 1.21. The lowest BCUT2D eigenvalue weighted by Crippen LogP contribution is -2.37. The maximum atomic E-state index is 12.7. The molecule has 0 bridgehead atoms. The van der Waals surface area contributed by atoms with Gasteiger partial charge in [-0.1, -0.05) is 0 Å². The molecule has 1 fully saturated rings. The Labute approximate surface area is 215 Å². The summed E-state index contributed by atoms with van der Waals surface area (Å²) in [6.07, 6.45) is 2.07. The number of thiazole rings is 1. The van der Waals surface area contributed by atoms with Gasteiger partial charge in [-0.15, -0.1) is 11.3 Å². The van der Waals surface area contributed by atoms with Crippen molar-refractivity contribution in [1.82, 2.24) is 25.3 Å². The number of carbonyl (C=O) groups excluding carboxylic acids is 2. The number of hydrogen-bond donors (Lipinski definition) is 3. The van der Waals surface area contributed by atoms with Crippen LogP contribution in [0.15, 0.2) is 42.0 Å². The van der Waals surface area contributed by atoms with E-state index in [4.69, 9.17) is 25.2 Å². The van der Waals surface area contributed by atoms with E-state index < -0.39 is 5.91 Å². The molecule has 1 aliphatic heterocycles. The lowest BCUT2D eigenvalue weighted by atomic mass is 10.2. The minimum Gasteiger partial charge on any atom is -0.493 e. The Bertz CT molecular complexity index is 1460. The van der Waals surface area contributed by atoms with Gasteiger partial charge >= 0.3 is 0 Å². The Hall–Kier alpha value is -4.52. The smallest absolute Gasteiger partial charge is 0.267 e. The standard InChI is InChI=1S/C24H24N8O4S/c1-35-17-6-4-14(9-18(17)36-2)28-21-19-23(37-12-27-19)31-24(30-21)32-8-7-15(11-32)29-22(34)13-3-5-16(20(25)33)26-10-13/h3-6,9-10,12,15H,7-8,11H2,1-2H3,(H2,25,33)(H,29,34)(H,28,30,31). The van der Waals surface area contributed by atoms with Crippen molar-refractivity contribution in [3.63, 3.8) is 0 Å². The van der Waals surface area contributed by atoms with E-state index in [2.05, 4.69) is 20.6 Å². The number of hydrogen-bond acceptors (Lipinski definition) is 11. The first-order valence-electron chi connectivity index (χ1n) is 11.4. The molecule has 190 valence electrons. The lowest BCUT2D eigenvalue weighted by Gasteiger charge is -2.18. The first-order chi connectivity index (χ1) is 17.9. The van der Waals surface area contributed by atoms with Crippen LogP contribution in [0.25, 0.3) is 10.3 Å². The van der Waals surface area contributed by atoms with Crippen LogP contribution in [0.5, 0.6) is 11.5 Å². The summed E-state index contributed by atoms with van der Waals surface area (Å²) in [5.41, 5.74) is 8.83. The average molecular weight is 521 g/mol. The van der Waals surface area contributed by atoms with Gasteiger partial charge in [-0.05, 0) is 30.7 Å². The van der Waals surface area contributed by atoms with Gasteiger partial charge in [0.2, 0.25) is 5.95 Å². The van der Waals surface area contributed by atoms with Crippen molar-refractivity contribution >= 4 is 51.0 Å². The van der Waals surface area contributed by atoms with Crippen molar-refractivity contribution in [2.45, 2.75) is 12.5 Å². The minimum absolute atomic E-state index is 0.105. The number of amides is 2. The highest BCUT2D eigenvalue weighted by Crippen LogP contribution is 2.33. The van der Waals surface area contributed by atoms with E-state index in [9.17, 15) is 9.59 Å². The van der Waals surface area contributed by atoms with Crippen LogP contribution in [0.4, 0.5) is 17.5 Å². The number of nitrogens with two attached hydrogens (primary N) is 1. The molecule has 1 aromatic carbocycles. The summed E-state index contributed by atoms with van der Waals surface area (Å²) in [4.78, 5) is 44.5. The van der Waals surface area contributed by atoms with Crippen LogP contribution < -0.4 is 30.7 Å². The zero-order valence-electron chi connectivity index (χ0n) is 20.1. The van der Waals surface area contributed by atoms with Crippen molar-refractivity contribution < 1.29 is 19.1 Å². The van der Waals surface area contributed by atoms with Gasteiger partial charge in [0.05, 0.1) is 25.3 Å². The highest BCUT2D eigenvalue weighted by molar-refractivity contribution is 7.16. The maximum Gasteiger partial charge on any atom is 0.267 e. The number of primary amides is 1.